The van der Waals surface area contributed by atoms with Crippen LogP contribution in [0.2, 0.25) is 5.02 Å². The van der Waals surface area contributed by atoms with E-state index in [1.54, 1.807) is 24.3 Å². The Kier molecular flexibility index (Phi) is 8.56. The summed E-state index contributed by atoms with van der Waals surface area (Å²) in [5.74, 6) is 1.07. The molecule has 0 aromatic heterocycles. The van der Waals surface area contributed by atoms with Gasteiger partial charge < -0.3 is 14.2 Å². The lowest BCUT2D eigenvalue weighted by Crippen LogP contribution is -2.11. The number of methoxy groups -OCH3 is 1. The number of halogens is 2. The third-order valence-electron chi connectivity index (χ3n) is 4.11. The molecule has 7 heteroatoms. The zero-order valence-electron chi connectivity index (χ0n) is 16.4. The Bertz CT molecular complexity index is 966. The van der Waals surface area contributed by atoms with Crippen LogP contribution in [0, 0.1) is 25.2 Å². The molecule has 0 aliphatic carbocycles. The zero-order valence-corrected chi connectivity index (χ0v) is 18.8. The van der Waals surface area contributed by atoms with Crippen molar-refractivity contribution >= 4 is 39.6 Å². The summed E-state index contributed by atoms with van der Waals surface area (Å²) in [4.78, 5) is 12.2. The molecule has 0 radical (unpaired) electrons. The highest BCUT2D eigenvalue weighted by molar-refractivity contribution is 9.10. The molecule has 0 spiro atoms. The Labute approximate surface area is 184 Å². The van der Waals surface area contributed by atoms with Gasteiger partial charge in [-0.3, -0.25) is 4.79 Å². The number of carbonyl (C=O) groups is 1. The molecule has 2 aromatic carbocycles. The molecule has 0 unspecified atom stereocenters. The summed E-state index contributed by atoms with van der Waals surface area (Å²) in [7, 11) is 1.49. The van der Waals surface area contributed by atoms with Crippen molar-refractivity contribution in [2.24, 2.45) is 0 Å². The van der Waals surface area contributed by atoms with Crippen molar-refractivity contribution in [3.8, 4) is 23.3 Å². The van der Waals surface area contributed by atoms with Crippen LogP contribution in [0.5, 0.6) is 17.2 Å². The second-order valence-corrected chi connectivity index (χ2v) is 7.41. The van der Waals surface area contributed by atoms with Crippen LogP contribution in [0.25, 0.3) is 6.08 Å². The first-order valence-corrected chi connectivity index (χ1v) is 10.1. The Balaban J connectivity index is 1.89. The molecule has 0 saturated heterocycles. The Hall–Kier alpha value is -2.49. The summed E-state index contributed by atoms with van der Waals surface area (Å²) in [5.41, 5.74) is 2.62. The van der Waals surface area contributed by atoms with Crippen LogP contribution in [-0.4, -0.2) is 19.7 Å². The normalized spacial score (nSPS) is 10.6. The van der Waals surface area contributed by atoms with E-state index in [9.17, 15) is 4.79 Å². The summed E-state index contributed by atoms with van der Waals surface area (Å²) in [6, 6.07) is 8.87. The minimum atomic E-state index is -0.380. The summed E-state index contributed by atoms with van der Waals surface area (Å²) in [5, 5.41) is 9.31. The standard InChI is InChI=1S/C22H21BrClNO4/c1-14-12-19(21(23)15(2)22(14)24)28-11-5-7-20(26)29-17-9-8-16(6-4-10-25)13-18(17)27-3/h4,6,8-9,12-13H,5,7,11H2,1-3H3/b6-4-. The lowest BCUT2D eigenvalue weighted by Gasteiger charge is -2.13. The number of hydrogen-bond donors (Lipinski definition) is 0. The van der Waals surface area contributed by atoms with Crippen LogP contribution in [0.3, 0.4) is 0 Å². The average Bonchev–Trinajstić information content (AvgIpc) is 2.72. The molecule has 2 aromatic rings. The van der Waals surface area contributed by atoms with Crippen LogP contribution >= 0.6 is 27.5 Å². The smallest absolute Gasteiger partial charge is 0.311 e. The van der Waals surface area contributed by atoms with Crippen molar-refractivity contribution in [1.82, 2.24) is 0 Å². The van der Waals surface area contributed by atoms with E-state index >= 15 is 0 Å². The highest BCUT2D eigenvalue weighted by atomic mass is 79.9. The van der Waals surface area contributed by atoms with Crippen LogP contribution in [0.4, 0.5) is 0 Å². The Morgan fingerprint density at radius 3 is 2.69 bits per heavy atom. The van der Waals surface area contributed by atoms with Crippen LogP contribution < -0.4 is 14.2 Å². The van der Waals surface area contributed by atoms with Crippen LogP contribution in [-0.2, 0) is 4.79 Å². The van der Waals surface area contributed by atoms with E-state index in [2.05, 4.69) is 15.9 Å². The monoisotopic (exact) mass is 477 g/mol. The summed E-state index contributed by atoms with van der Waals surface area (Å²) in [6.07, 6.45) is 3.70. The number of allylic oxidation sites excluding steroid dienone is 1. The second-order valence-electron chi connectivity index (χ2n) is 6.24. The maximum absolute atomic E-state index is 12.2. The number of nitriles is 1. The van der Waals surface area contributed by atoms with E-state index in [0.717, 1.165) is 21.2 Å². The van der Waals surface area contributed by atoms with Crippen LogP contribution in [0.1, 0.15) is 29.5 Å². The minimum absolute atomic E-state index is 0.197. The fourth-order valence-corrected chi connectivity index (χ4v) is 3.27. The molecule has 0 fully saturated rings. The lowest BCUT2D eigenvalue weighted by molar-refractivity contribution is -0.134. The van der Waals surface area contributed by atoms with E-state index in [-0.39, 0.29) is 12.4 Å². The van der Waals surface area contributed by atoms with Gasteiger partial charge in [0, 0.05) is 17.5 Å². The summed E-state index contributed by atoms with van der Waals surface area (Å²) in [6.45, 7) is 4.20. The van der Waals surface area contributed by atoms with Crippen LogP contribution in [0.15, 0.2) is 34.8 Å². The first-order valence-electron chi connectivity index (χ1n) is 8.90. The third-order valence-corrected chi connectivity index (χ3v) is 5.68. The first kappa shape index (κ1) is 22.8. The number of ether oxygens (including phenoxy) is 3. The van der Waals surface area contributed by atoms with Gasteiger partial charge in [-0.25, -0.2) is 0 Å². The number of aryl methyl sites for hydroxylation is 1. The maximum atomic E-state index is 12.2. The van der Waals surface area contributed by atoms with Crippen molar-refractivity contribution in [3.05, 3.63) is 56.5 Å². The predicted octanol–water partition coefficient (Wildman–Crippen LogP) is 6.03. The zero-order chi connectivity index (χ0) is 21.4. The molecule has 0 saturated carbocycles. The van der Waals surface area contributed by atoms with Gasteiger partial charge >= 0.3 is 5.97 Å². The van der Waals surface area contributed by atoms with Crippen molar-refractivity contribution in [2.45, 2.75) is 26.7 Å². The lowest BCUT2D eigenvalue weighted by atomic mass is 10.1. The number of hydrogen-bond acceptors (Lipinski definition) is 5. The van der Waals surface area contributed by atoms with Gasteiger partial charge in [0.2, 0.25) is 0 Å². The van der Waals surface area contributed by atoms with E-state index in [1.165, 1.54) is 13.2 Å². The Morgan fingerprint density at radius 1 is 1.24 bits per heavy atom. The van der Waals surface area contributed by atoms with E-state index in [0.29, 0.717) is 35.3 Å². The number of esters is 1. The van der Waals surface area contributed by atoms with Gasteiger partial charge in [-0.1, -0.05) is 17.7 Å². The molecule has 2 rings (SSSR count). The number of nitrogens with zero attached hydrogens (tertiary/aromatic N) is 1. The van der Waals surface area contributed by atoms with Crippen molar-refractivity contribution < 1.29 is 19.0 Å². The number of carbonyl (C=O) groups excluding carboxylic acids is 1. The van der Waals surface area contributed by atoms with Crippen molar-refractivity contribution in [1.29, 1.82) is 5.26 Å². The van der Waals surface area contributed by atoms with Crippen molar-refractivity contribution in [3.63, 3.8) is 0 Å². The molecule has 0 aliphatic rings. The molecular formula is C22H21BrClNO4. The Morgan fingerprint density at radius 2 is 2.00 bits per heavy atom. The number of rotatable bonds is 8. The topological polar surface area (TPSA) is 68.5 Å². The largest absolute Gasteiger partial charge is 0.493 e. The molecule has 5 nitrogen and oxygen atoms in total. The third kappa shape index (κ3) is 6.25. The molecule has 0 N–H and O–H groups in total. The molecule has 29 heavy (non-hydrogen) atoms. The number of benzene rings is 2. The van der Waals surface area contributed by atoms with Gasteiger partial charge in [-0.2, -0.15) is 5.26 Å². The van der Waals surface area contributed by atoms with Gasteiger partial charge in [0.05, 0.1) is 24.3 Å². The molecule has 0 bridgehead atoms. The molecule has 0 heterocycles. The molecule has 0 aliphatic heterocycles. The van der Waals surface area contributed by atoms with Gasteiger partial charge in [0.15, 0.2) is 11.5 Å². The minimum Gasteiger partial charge on any atom is -0.493 e. The summed E-state index contributed by atoms with van der Waals surface area (Å²) >= 11 is 9.71. The second kappa shape index (κ2) is 10.9. The fourth-order valence-electron chi connectivity index (χ4n) is 2.58. The maximum Gasteiger partial charge on any atom is 0.311 e. The molecular weight excluding hydrogens is 458 g/mol. The van der Waals surface area contributed by atoms with E-state index in [1.807, 2.05) is 26.0 Å². The van der Waals surface area contributed by atoms with E-state index in [4.69, 9.17) is 31.1 Å². The highest BCUT2D eigenvalue weighted by Gasteiger charge is 2.13. The van der Waals surface area contributed by atoms with Gasteiger partial charge in [-0.15, -0.1) is 0 Å². The van der Waals surface area contributed by atoms with Gasteiger partial charge in [-0.05, 0) is 77.2 Å². The highest BCUT2D eigenvalue weighted by Crippen LogP contribution is 2.35. The first-order chi connectivity index (χ1) is 13.9. The molecule has 0 amide bonds. The average molecular weight is 479 g/mol. The molecule has 152 valence electrons. The summed E-state index contributed by atoms with van der Waals surface area (Å²) < 4.78 is 17.2. The fraction of sp³-hybridized carbons (Fsp3) is 0.273. The van der Waals surface area contributed by atoms with Crippen molar-refractivity contribution in [2.75, 3.05) is 13.7 Å². The quantitative estimate of drug-likeness (QED) is 0.200. The van der Waals surface area contributed by atoms with Gasteiger partial charge in [0.1, 0.15) is 5.75 Å². The van der Waals surface area contributed by atoms with E-state index < -0.39 is 0 Å². The SMILES string of the molecule is COc1cc(/C=C\C#N)ccc1OC(=O)CCCOc1cc(C)c(Cl)c(C)c1Br. The van der Waals surface area contributed by atoms with Gasteiger partial charge in [0.25, 0.3) is 0 Å². The molecule has 0 atom stereocenters. The predicted molar refractivity (Wildman–Crippen MR) is 117 cm³/mol.